The highest BCUT2D eigenvalue weighted by atomic mass is 16.2. The molecule has 0 aromatic rings. The third kappa shape index (κ3) is 5.19. The molecule has 0 aromatic carbocycles. The van der Waals surface area contributed by atoms with Crippen LogP contribution in [0.4, 0.5) is 0 Å². The van der Waals surface area contributed by atoms with E-state index in [0.717, 1.165) is 6.42 Å². The van der Waals surface area contributed by atoms with Crippen molar-refractivity contribution in [3.05, 3.63) is 12.2 Å². The molecule has 0 amide bonds. The maximum atomic E-state index is 8.20. The molecule has 0 aliphatic rings. The van der Waals surface area contributed by atoms with Crippen LogP contribution in [0, 0.1) is 11.3 Å². The number of nitriles is 1. The third-order valence-corrected chi connectivity index (χ3v) is 0.695. The van der Waals surface area contributed by atoms with Gasteiger partial charge in [0.05, 0.1) is 12.7 Å². The lowest BCUT2D eigenvalue weighted by molar-refractivity contribution is 0.342. The number of hydrogen-bond acceptors (Lipinski definition) is 2. The number of allylic oxidation sites excluding steroid dienone is 1. The molecule has 0 fully saturated rings. The summed E-state index contributed by atoms with van der Waals surface area (Å²) in [6.07, 6.45) is 4.72. The third-order valence-electron chi connectivity index (χ3n) is 0.695. The van der Waals surface area contributed by atoms with Crippen LogP contribution in [0.1, 0.15) is 12.8 Å². The Kier molecular flexibility index (Phi) is 5.56. The Morgan fingerprint density at radius 1 is 1.50 bits per heavy atom. The first-order valence-corrected chi connectivity index (χ1v) is 2.54. The lowest BCUT2D eigenvalue weighted by Gasteiger charge is -1.78. The van der Waals surface area contributed by atoms with Gasteiger partial charge in [0.25, 0.3) is 0 Å². The number of hydrogen-bond donors (Lipinski definition) is 1. The van der Waals surface area contributed by atoms with Crippen LogP contribution in [0.15, 0.2) is 12.2 Å². The van der Waals surface area contributed by atoms with E-state index >= 15 is 0 Å². The molecule has 0 aliphatic carbocycles. The molecule has 0 saturated carbocycles. The summed E-state index contributed by atoms with van der Waals surface area (Å²) in [5, 5.41) is 16.2. The van der Waals surface area contributed by atoms with Crippen LogP contribution in [0.2, 0.25) is 0 Å². The monoisotopic (exact) mass is 111 g/mol. The normalized spacial score (nSPS) is 9.50. The van der Waals surface area contributed by atoms with Gasteiger partial charge in [-0.15, -0.1) is 0 Å². The summed E-state index contributed by atoms with van der Waals surface area (Å²) in [6, 6.07) is 1.99. The SMILES string of the molecule is N#CCC/C=C/CO. The van der Waals surface area contributed by atoms with Crippen molar-refractivity contribution in [3.63, 3.8) is 0 Å². The van der Waals surface area contributed by atoms with Gasteiger partial charge in [0.1, 0.15) is 0 Å². The van der Waals surface area contributed by atoms with Crippen LogP contribution in [-0.4, -0.2) is 11.7 Å². The van der Waals surface area contributed by atoms with Crippen molar-refractivity contribution in [3.8, 4) is 6.07 Å². The van der Waals surface area contributed by atoms with E-state index in [1.165, 1.54) is 0 Å². The van der Waals surface area contributed by atoms with Gasteiger partial charge in [0, 0.05) is 6.42 Å². The molecular formula is C6H9NO. The zero-order valence-corrected chi connectivity index (χ0v) is 4.67. The molecule has 1 N–H and O–H groups in total. The zero-order chi connectivity index (χ0) is 6.24. The standard InChI is InChI=1S/C6H9NO/c7-5-3-1-2-4-6-8/h2,4,8H,1,3,6H2/b4-2+. The smallest absolute Gasteiger partial charge is 0.0624 e. The molecule has 0 saturated heterocycles. The minimum atomic E-state index is 0.0748. The number of aliphatic hydroxyl groups excluding tert-OH is 1. The van der Waals surface area contributed by atoms with E-state index in [9.17, 15) is 0 Å². The van der Waals surface area contributed by atoms with Crippen LogP contribution in [-0.2, 0) is 0 Å². The van der Waals surface area contributed by atoms with Gasteiger partial charge in [-0.25, -0.2) is 0 Å². The number of unbranched alkanes of at least 4 members (excludes halogenated alkanes) is 1. The van der Waals surface area contributed by atoms with Gasteiger partial charge < -0.3 is 5.11 Å². The first-order chi connectivity index (χ1) is 3.91. The Bertz CT molecular complexity index is 102. The zero-order valence-electron chi connectivity index (χ0n) is 4.67. The Morgan fingerprint density at radius 2 is 2.25 bits per heavy atom. The minimum absolute atomic E-state index is 0.0748. The molecule has 0 aliphatic heterocycles. The Labute approximate surface area is 49.1 Å². The van der Waals surface area contributed by atoms with Crippen LogP contribution in [0.25, 0.3) is 0 Å². The summed E-state index contributed by atoms with van der Waals surface area (Å²) >= 11 is 0. The Morgan fingerprint density at radius 3 is 2.75 bits per heavy atom. The van der Waals surface area contributed by atoms with Crippen LogP contribution in [0.3, 0.4) is 0 Å². The minimum Gasteiger partial charge on any atom is -0.392 e. The van der Waals surface area contributed by atoms with Gasteiger partial charge >= 0.3 is 0 Å². The summed E-state index contributed by atoms with van der Waals surface area (Å²) in [5.41, 5.74) is 0. The van der Waals surface area contributed by atoms with Crippen LogP contribution < -0.4 is 0 Å². The maximum absolute atomic E-state index is 8.20. The molecule has 2 heteroatoms. The molecule has 8 heavy (non-hydrogen) atoms. The molecule has 0 bridgehead atoms. The molecule has 0 unspecified atom stereocenters. The Balaban J connectivity index is 2.94. The van der Waals surface area contributed by atoms with Gasteiger partial charge in [-0.05, 0) is 6.42 Å². The molecule has 44 valence electrons. The molecule has 2 nitrogen and oxygen atoms in total. The summed E-state index contributed by atoms with van der Waals surface area (Å²) in [6.45, 7) is 0.0748. The lowest BCUT2D eigenvalue weighted by atomic mass is 10.3. The number of rotatable bonds is 3. The summed E-state index contributed by atoms with van der Waals surface area (Å²) in [7, 11) is 0. The molecule has 0 radical (unpaired) electrons. The molecule has 0 rings (SSSR count). The van der Waals surface area contributed by atoms with Gasteiger partial charge in [-0.2, -0.15) is 5.26 Å². The average Bonchev–Trinajstić information content (AvgIpc) is 1.81. The van der Waals surface area contributed by atoms with Crippen molar-refractivity contribution in [2.24, 2.45) is 0 Å². The fraction of sp³-hybridized carbons (Fsp3) is 0.500. The largest absolute Gasteiger partial charge is 0.392 e. The highest BCUT2D eigenvalue weighted by molar-refractivity contribution is 4.84. The van der Waals surface area contributed by atoms with Gasteiger partial charge in [0.2, 0.25) is 0 Å². The van der Waals surface area contributed by atoms with E-state index in [4.69, 9.17) is 10.4 Å². The summed E-state index contributed by atoms with van der Waals surface area (Å²) < 4.78 is 0. The number of nitrogens with zero attached hydrogens (tertiary/aromatic N) is 1. The second-order valence-corrected chi connectivity index (χ2v) is 1.35. The van der Waals surface area contributed by atoms with Gasteiger partial charge in [0.15, 0.2) is 0 Å². The van der Waals surface area contributed by atoms with Crippen molar-refractivity contribution in [2.75, 3.05) is 6.61 Å². The van der Waals surface area contributed by atoms with E-state index in [1.54, 1.807) is 12.2 Å². The number of aliphatic hydroxyl groups is 1. The summed E-state index contributed by atoms with van der Waals surface area (Å²) in [4.78, 5) is 0. The molecule has 0 atom stereocenters. The van der Waals surface area contributed by atoms with Crippen molar-refractivity contribution in [2.45, 2.75) is 12.8 Å². The van der Waals surface area contributed by atoms with E-state index in [1.807, 2.05) is 6.07 Å². The van der Waals surface area contributed by atoms with Crippen molar-refractivity contribution in [1.82, 2.24) is 0 Å². The van der Waals surface area contributed by atoms with E-state index < -0.39 is 0 Å². The highest BCUT2D eigenvalue weighted by Crippen LogP contribution is 1.86. The second-order valence-electron chi connectivity index (χ2n) is 1.35. The maximum Gasteiger partial charge on any atom is 0.0624 e. The van der Waals surface area contributed by atoms with Gasteiger partial charge in [-0.3, -0.25) is 0 Å². The van der Waals surface area contributed by atoms with E-state index in [0.29, 0.717) is 6.42 Å². The summed E-state index contributed by atoms with van der Waals surface area (Å²) in [5.74, 6) is 0. The van der Waals surface area contributed by atoms with Crippen molar-refractivity contribution >= 4 is 0 Å². The second kappa shape index (κ2) is 6.19. The lowest BCUT2D eigenvalue weighted by Crippen LogP contribution is -1.70. The fourth-order valence-corrected chi connectivity index (χ4v) is 0.340. The van der Waals surface area contributed by atoms with E-state index in [2.05, 4.69) is 0 Å². The molecule has 0 heterocycles. The van der Waals surface area contributed by atoms with E-state index in [-0.39, 0.29) is 6.61 Å². The van der Waals surface area contributed by atoms with Crippen molar-refractivity contribution < 1.29 is 5.11 Å². The first kappa shape index (κ1) is 7.19. The predicted octanol–water partition coefficient (Wildman–Crippen LogP) is 0.839. The van der Waals surface area contributed by atoms with Crippen molar-refractivity contribution in [1.29, 1.82) is 5.26 Å². The van der Waals surface area contributed by atoms with Crippen LogP contribution >= 0.6 is 0 Å². The quantitative estimate of drug-likeness (QED) is 0.433. The Hall–Kier alpha value is -0.810. The fourth-order valence-electron chi connectivity index (χ4n) is 0.340. The van der Waals surface area contributed by atoms with Gasteiger partial charge in [-0.1, -0.05) is 12.2 Å². The molecule has 0 spiro atoms. The topological polar surface area (TPSA) is 44.0 Å². The predicted molar refractivity (Wildman–Crippen MR) is 31.1 cm³/mol. The first-order valence-electron chi connectivity index (χ1n) is 2.54. The average molecular weight is 111 g/mol. The highest BCUT2D eigenvalue weighted by Gasteiger charge is 1.73. The molecule has 0 aromatic heterocycles. The molecular weight excluding hydrogens is 102 g/mol. The van der Waals surface area contributed by atoms with Crippen LogP contribution in [0.5, 0.6) is 0 Å².